The average Bonchev–Trinajstić information content (AvgIpc) is 2.43. The van der Waals surface area contributed by atoms with E-state index >= 15 is 0 Å². The van der Waals surface area contributed by atoms with Crippen molar-refractivity contribution in [2.75, 3.05) is 6.61 Å². The number of hydrogen-bond donors (Lipinski definition) is 2. The summed E-state index contributed by atoms with van der Waals surface area (Å²) >= 11 is 0. The predicted molar refractivity (Wildman–Crippen MR) is 85.6 cm³/mol. The van der Waals surface area contributed by atoms with Crippen molar-refractivity contribution in [3.63, 3.8) is 0 Å². The second-order valence-electron chi connectivity index (χ2n) is 6.10. The van der Waals surface area contributed by atoms with E-state index in [2.05, 4.69) is 26.0 Å². The highest BCUT2D eigenvalue weighted by molar-refractivity contribution is 5.82. The molecule has 0 fully saturated rings. The molecule has 1 unspecified atom stereocenters. The molecule has 0 aliphatic heterocycles. The van der Waals surface area contributed by atoms with E-state index in [0.29, 0.717) is 12.5 Å². The number of nitrogens with two attached hydrogens (primary N) is 1. The summed E-state index contributed by atoms with van der Waals surface area (Å²) < 4.78 is 5.92. The molecular formula is C17H28N2O. The molecule has 0 radical (unpaired) electrons. The number of ether oxygens (including phenoxy) is 1. The molecule has 1 aromatic carbocycles. The molecule has 3 heteroatoms. The fraction of sp³-hybridized carbons (Fsp3) is 0.588. The Balaban J connectivity index is 2.53. The minimum absolute atomic E-state index is 0.237. The third-order valence-electron chi connectivity index (χ3n) is 4.00. The van der Waals surface area contributed by atoms with Crippen molar-refractivity contribution in [1.82, 2.24) is 0 Å². The first-order valence-corrected chi connectivity index (χ1v) is 7.44. The van der Waals surface area contributed by atoms with Crippen LogP contribution in [0.25, 0.3) is 0 Å². The highest BCUT2D eigenvalue weighted by Gasteiger charge is 2.20. The molecular weight excluding hydrogens is 248 g/mol. The van der Waals surface area contributed by atoms with Gasteiger partial charge in [-0.25, -0.2) is 0 Å². The standard InChI is InChI=1S/C17H28N2O/c1-5-13(2)14-9-6-7-10-15(14)20-12-8-11-17(3,4)16(18)19/h6-7,9-10,13H,5,8,11-12H2,1-4H3,(H3,18,19). The molecule has 3 nitrogen and oxygen atoms in total. The first-order valence-electron chi connectivity index (χ1n) is 7.44. The number of rotatable bonds is 8. The van der Waals surface area contributed by atoms with Gasteiger partial charge < -0.3 is 10.5 Å². The monoisotopic (exact) mass is 276 g/mol. The molecule has 3 N–H and O–H groups in total. The van der Waals surface area contributed by atoms with Gasteiger partial charge in [0.15, 0.2) is 0 Å². The maximum atomic E-state index is 7.55. The lowest BCUT2D eigenvalue weighted by Gasteiger charge is -2.23. The molecule has 1 atom stereocenters. The van der Waals surface area contributed by atoms with Crippen LogP contribution in [0.3, 0.4) is 0 Å². The number of para-hydroxylation sites is 1. The van der Waals surface area contributed by atoms with E-state index < -0.39 is 0 Å². The molecule has 0 aliphatic rings. The zero-order chi connectivity index (χ0) is 15.2. The summed E-state index contributed by atoms with van der Waals surface area (Å²) in [5.41, 5.74) is 6.63. The second-order valence-corrected chi connectivity index (χ2v) is 6.10. The molecule has 0 bridgehead atoms. The fourth-order valence-electron chi connectivity index (χ4n) is 2.07. The van der Waals surface area contributed by atoms with Gasteiger partial charge in [0.2, 0.25) is 0 Å². The van der Waals surface area contributed by atoms with Crippen LogP contribution in [0, 0.1) is 10.8 Å². The first kappa shape index (κ1) is 16.5. The van der Waals surface area contributed by atoms with Gasteiger partial charge in [-0.1, -0.05) is 45.9 Å². The molecule has 0 amide bonds. The molecule has 112 valence electrons. The van der Waals surface area contributed by atoms with Crippen molar-refractivity contribution in [2.45, 2.75) is 52.9 Å². The quantitative estimate of drug-likeness (QED) is 0.422. The van der Waals surface area contributed by atoms with Gasteiger partial charge in [-0.2, -0.15) is 0 Å². The summed E-state index contributed by atoms with van der Waals surface area (Å²) in [4.78, 5) is 0. The highest BCUT2D eigenvalue weighted by Crippen LogP contribution is 2.29. The lowest BCUT2D eigenvalue weighted by molar-refractivity contribution is 0.283. The highest BCUT2D eigenvalue weighted by atomic mass is 16.5. The SMILES string of the molecule is CCC(C)c1ccccc1OCCCC(C)(C)C(=N)N. The molecule has 0 heterocycles. The van der Waals surface area contributed by atoms with Gasteiger partial charge in [0.1, 0.15) is 5.75 Å². The summed E-state index contributed by atoms with van der Waals surface area (Å²) in [7, 11) is 0. The molecule has 0 aromatic heterocycles. The summed E-state index contributed by atoms with van der Waals surface area (Å²) in [6.45, 7) is 9.09. The molecule has 0 spiro atoms. The fourth-order valence-corrected chi connectivity index (χ4v) is 2.07. The van der Waals surface area contributed by atoms with Gasteiger partial charge in [0.25, 0.3) is 0 Å². The zero-order valence-corrected chi connectivity index (χ0v) is 13.2. The second kappa shape index (κ2) is 7.32. The van der Waals surface area contributed by atoms with Gasteiger partial charge in [0, 0.05) is 5.41 Å². The minimum Gasteiger partial charge on any atom is -0.493 e. The van der Waals surface area contributed by atoms with Crippen LogP contribution in [-0.4, -0.2) is 12.4 Å². The summed E-state index contributed by atoms with van der Waals surface area (Å²) in [6, 6.07) is 8.26. The van der Waals surface area contributed by atoms with Crippen LogP contribution >= 0.6 is 0 Å². The number of amidine groups is 1. The maximum Gasteiger partial charge on any atom is 0.122 e. The van der Waals surface area contributed by atoms with Crippen molar-refractivity contribution < 1.29 is 4.74 Å². The van der Waals surface area contributed by atoms with Crippen LogP contribution in [0.5, 0.6) is 5.75 Å². The molecule has 1 aromatic rings. The third kappa shape index (κ3) is 4.55. The Morgan fingerprint density at radius 1 is 1.35 bits per heavy atom. The minimum atomic E-state index is -0.237. The van der Waals surface area contributed by atoms with E-state index in [9.17, 15) is 0 Å². The van der Waals surface area contributed by atoms with Crippen molar-refractivity contribution in [1.29, 1.82) is 5.41 Å². The average molecular weight is 276 g/mol. The number of nitrogens with one attached hydrogen (secondary N) is 1. The van der Waals surface area contributed by atoms with Crippen LogP contribution in [0.1, 0.15) is 58.4 Å². The van der Waals surface area contributed by atoms with E-state index in [1.165, 1.54) is 5.56 Å². The van der Waals surface area contributed by atoms with Crippen molar-refractivity contribution in [2.24, 2.45) is 11.1 Å². The Bertz CT molecular complexity index is 440. The molecule has 0 aliphatic carbocycles. The summed E-state index contributed by atoms with van der Waals surface area (Å²) in [5, 5.41) is 7.55. The molecule has 1 rings (SSSR count). The summed E-state index contributed by atoms with van der Waals surface area (Å²) in [5.74, 6) is 1.75. The van der Waals surface area contributed by atoms with Crippen LogP contribution in [0.15, 0.2) is 24.3 Å². The van der Waals surface area contributed by atoms with Crippen molar-refractivity contribution in [3.05, 3.63) is 29.8 Å². The maximum absolute atomic E-state index is 7.55. The predicted octanol–water partition coefficient (Wildman–Crippen LogP) is 4.32. The van der Waals surface area contributed by atoms with Crippen molar-refractivity contribution >= 4 is 5.84 Å². The van der Waals surface area contributed by atoms with Gasteiger partial charge in [-0.15, -0.1) is 0 Å². The lowest BCUT2D eigenvalue weighted by Crippen LogP contribution is -2.31. The molecule has 0 saturated heterocycles. The Morgan fingerprint density at radius 3 is 2.60 bits per heavy atom. The lowest BCUT2D eigenvalue weighted by atomic mass is 9.87. The Kier molecular flexibility index (Phi) is 6.05. The smallest absolute Gasteiger partial charge is 0.122 e. The zero-order valence-electron chi connectivity index (χ0n) is 13.2. The van der Waals surface area contributed by atoms with E-state index in [-0.39, 0.29) is 11.3 Å². The van der Waals surface area contributed by atoms with Gasteiger partial charge in [-0.05, 0) is 36.8 Å². The van der Waals surface area contributed by atoms with Crippen LogP contribution in [0.2, 0.25) is 0 Å². The normalized spacial score (nSPS) is 13.0. The molecule has 0 saturated carbocycles. The Labute approximate surface area is 123 Å². The summed E-state index contributed by atoms with van der Waals surface area (Å²) in [6.07, 6.45) is 2.88. The third-order valence-corrected chi connectivity index (χ3v) is 4.00. The first-order chi connectivity index (χ1) is 9.38. The van der Waals surface area contributed by atoms with Gasteiger partial charge in [0.05, 0.1) is 12.4 Å². The van der Waals surface area contributed by atoms with Gasteiger partial charge >= 0.3 is 0 Å². The largest absolute Gasteiger partial charge is 0.493 e. The van der Waals surface area contributed by atoms with E-state index in [1.54, 1.807) is 0 Å². The Morgan fingerprint density at radius 2 is 2.00 bits per heavy atom. The number of hydrogen-bond acceptors (Lipinski definition) is 2. The van der Waals surface area contributed by atoms with Gasteiger partial charge in [-0.3, -0.25) is 5.41 Å². The van der Waals surface area contributed by atoms with E-state index in [1.807, 2.05) is 26.0 Å². The van der Waals surface area contributed by atoms with E-state index in [0.717, 1.165) is 25.0 Å². The number of benzene rings is 1. The van der Waals surface area contributed by atoms with E-state index in [4.69, 9.17) is 15.9 Å². The Hall–Kier alpha value is -1.51. The van der Waals surface area contributed by atoms with Crippen LogP contribution < -0.4 is 10.5 Å². The van der Waals surface area contributed by atoms with Crippen LogP contribution in [-0.2, 0) is 0 Å². The van der Waals surface area contributed by atoms with Crippen LogP contribution in [0.4, 0.5) is 0 Å². The van der Waals surface area contributed by atoms with Crippen molar-refractivity contribution in [3.8, 4) is 5.75 Å². The molecule has 20 heavy (non-hydrogen) atoms. The topological polar surface area (TPSA) is 59.1 Å².